The molecule has 0 radical (unpaired) electrons. The maximum atomic E-state index is 11.8. The Morgan fingerprint density at radius 1 is 1.33 bits per heavy atom. The average molecular weight is 225 g/mol. The number of hydrogen-bond donors (Lipinski definition) is 0. The van der Waals surface area contributed by atoms with E-state index in [0.29, 0.717) is 6.54 Å². The van der Waals surface area contributed by atoms with Crippen LogP contribution in [0.2, 0.25) is 0 Å². The third-order valence-electron chi connectivity index (χ3n) is 2.24. The average Bonchev–Trinajstić information content (AvgIpc) is 2.71. The Balaban J connectivity index is 2.47. The molecule has 0 saturated heterocycles. The second kappa shape index (κ2) is 6.75. The second-order valence-corrected chi connectivity index (χ2v) is 4.62. The van der Waals surface area contributed by atoms with Gasteiger partial charge in [0.1, 0.15) is 0 Å². The van der Waals surface area contributed by atoms with Gasteiger partial charge in [-0.05, 0) is 37.4 Å². The minimum absolute atomic E-state index is 0.256. The van der Waals surface area contributed by atoms with E-state index in [-0.39, 0.29) is 5.78 Å². The first-order valence-corrected chi connectivity index (χ1v) is 6.45. The van der Waals surface area contributed by atoms with Gasteiger partial charge in [-0.1, -0.05) is 19.9 Å². The molecule has 0 aliphatic carbocycles. The van der Waals surface area contributed by atoms with E-state index >= 15 is 0 Å². The first kappa shape index (κ1) is 12.4. The summed E-state index contributed by atoms with van der Waals surface area (Å²) in [4.78, 5) is 15.0. The maximum absolute atomic E-state index is 11.8. The lowest BCUT2D eigenvalue weighted by Crippen LogP contribution is -2.31. The first-order valence-electron chi connectivity index (χ1n) is 5.57. The van der Waals surface area contributed by atoms with Gasteiger partial charge in [0.2, 0.25) is 0 Å². The van der Waals surface area contributed by atoms with Crippen molar-refractivity contribution in [1.82, 2.24) is 4.90 Å². The highest BCUT2D eigenvalue weighted by atomic mass is 32.1. The van der Waals surface area contributed by atoms with Crippen molar-refractivity contribution in [1.29, 1.82) is 0 Å². The summed E-state index contributed by atoms with van der Waals surface area (Å²) in [7, 11) is 0. The molecule has 0 saturated carbocycles. The van der Waals surface area contributed by atoms with Gasteiger partial charge in [-0.3, -0.25) is 9.69 Å². The number of thiophene rings is 1. The van der Waals surface area contributed by atoms with E-state index in [9.17, 15) is 4.79 Å². The quantitative estimate of drug-likeness (QED) is 0.665. The predicted octanol–water partition coefficient (Wildman–Crippen LogP) is 3.05. The van der Waals surface area contributed by atoms with Gasteiger partial charge in [0.25, 0.3) is 0 Å². The number of carbonyl (C=O) groups is 1. The van der Waals surface area contributed by atoms with E-state index in [0.717, 1.165) is 30.8 Å². The molecule has 1 aromatic rings. The van der Waals surface area contributed by atoms with Gasteiger partial charge in [-0.25, -0.2) is 0 Å². The fourth-order valence-corrected chi connectivity index (χ4v) is 2.28. The first-order chi connectivity index (χ1) is 7.27. The molecule has 2 nitrogen and oxygen atoms in total. The number of hydrogen-bond acceptors (Lipinski definition) is 3. The van der Waals surface area contributed by atoms with E-state index in [4.69, 9.17) is 0 Å². The van der Waals surface area contributed by atoms with Crippen molar-refractivity contribution in [3.8, 4) is 0 Å². The van der Waals surface area contributed by atoms with Crippen molar-refractivity contribution in [2.24, 2.45) is 0 Å². The maximum Gasteiger partial charge on any atom is 0.186 e. The lowest BCUT2D eigenvalue weighted by atomic mass is 10.2. The molecule has 0 aromatic carbocycles. The van der Waals surface area contributed by atoms with E-state index in [2.05, 4.69) is 18.7 Å². The number of carbonyl (C=O) groups excluding carboxylic acids is 1. The molecule has 0 atom stereocenters. The van der Waals surface area contributed by atoms with Gasteiger partial charge in [0, 0.05) is 0 Å². The molecule has 3 heteroatoms. The van der Waals surface area contributed by atoms with Crippen LogP contribution in [0.25, 0.3) is 0 Å². The molecule has 84 valence electrons. The summed E-state index contributed by atoms with van der Waals surface area (Å²) >= 11 is 1.53. The molecular weight excluding hydrogens is 206 g/mol. The highest BCUT2D eigenvalue weighted by molar-refractivity contribution is 7.12. The lowest BCUT2D eigenvalue weighted by molar-refractivity contribution is 0.0934. The highest BCUT2D eigenvalue weighted by Crippen LogP contribution is 2.10. The smallest absolute Gasteiger partial charge is 0.186 e. The minimum atomic E-state index is 0.256. The zero-order valence-electron chi connectivity index (χ0n) is 9.53. The molecular formula is C12H19NOS. The van der Waals surface area contributed by atoms with Crippen LogP contribution in [-0.2, 0) is 0 Å². The molecule has 0 aliphatic rings. The van der Waals surface area contributed by atoms with Gasteiger partial charge in [-0.2, -0.15) is 0 Å². The van der Waals surface area contributed by atoms with Crippen LogP contribution in [0.1, 0.15) is 36.4 Å². The van der Waals surface area contributed by atoms with Crippen molar-refractivity contribution in [3.63, 3.8) is 0 Å². The van der Waals surface area contributed by atoms with Crippen LogP contribution >= 0.6 is 11.3 Å². The normalized spacial score (nSPS) is 10.9. The van der Waals surface area contributed by atoms with E-state index in [1.807, 2.05) is 17.5 Å². The van der Waals surface area contributed by atoms with E-state index in [1.165, 1.54) is 11.3 Å². The third-order valence-corrected chi connectivity index (χ3v) is 3.15. The van der Waals surface area contributed by atoms with Crippen molar-refractivity contribution in [3.05, 3.63) is 22.4 Å². The molecule has 15 heavy (non-hydrogen) atoms. The van der Waals surface area contributed by atoms with Crippen LogP contribution in [0.5, 0.6) is 0 Å². The number of rotatable bonds is 7. The van der Waals surface area contributed by atoms with Crippen LogP contribution in [0.3, 0.4) is 0 Å². The molecule has 0 N–H and O–H groups in total. The van der Waals surface area contributed by atoms with E-state index in [1.54, 1.807) is 0 Å². The van der Waals surface area contributed by atoms with Gasteiger partial charge >= 0.3 is 0 Å². The highest BCUT2D eigenvalue weighted by Gasteiger charge is 2.11. The Hall–Kier alpha value is -0.670. The summed E-state index contributed by atoms with van der Waals surface area (Å²) in [6.07, 6.45) is 2.22. The largest absolute Gasteiger partial charge is 0.296 e. The predicted molar refractivity (Wildman–Crippen MR) is 65.7 cm³/mol. The van der Waals surface area contributed by atoms with Crippen LogP contribution < -0.4 is 0 Å². The molecule has 1 heterocycles. The summed E-state index contributed by atoms with van der Waals surface area (Å²) < 4.78 is 0. The van der Waals surface area contributed by atoms with Crippen molar-refractivity contribution >= 4 is 17.1 Å². The Morgan fingerprint density at radius 2 is 2.00 bits per heavy atom. The van der Waals surface area contributed by atoms with Gasteiger partial charge in [-0.15, -0.1) is 11.3 Å². The van der Waals surface area contributed by atoms with E-state index < -0.39 is 0 Å². The zero-order chi connectivity index (χ0) is 11.1. The molecule has 1 aromatic heterocycles. The molecule has 0 fully saturated rings. The van der Waals surface area contributed by atoms with Crippen molar-refractivity contribution in [2.45, 2.75) is 26.7 Å². The Labute approximate surface area is 95.9 Å². The third kappa shape index (κ3) is 4.14. The van der Waals surface area contributed by atoms with Gasteiger partial charge in [0.15, 0.2) is 5.78 Å². The summed E-state index contributed by atoms with van der Waals surface area (Å²) in [6, 6.07) is 3.84. The van der Waals surface area contributed by atoms with Crippen LogP contribution in [-0.4, -0.2) is 30.3 Å². The monoisotopic (exact) mass is 225 g/mol. The second-order valence-electron chi connectivity index (χ2n) is 3.68. The number of ketones is 1. The number of Topliss-reactive ketones (excluding diaryl/α,β-unsaturated/α-hetero) is 1. The topological polar surface area (TPSA) is 20.3 Å². The molecule has 0 unspecified atom stereocenters. The Morgan fingerprint density at radius 3 is 2.47 bits per heavy atom. The SMILES string of the molecule is CCCN(CCC)CC(=O)c1cccs1. The summed E-state index contributed by atoms with van der Waals surface area (Å²) in [6.45, 7) is 6.91. The van der Waals surface area contributed by atoms with Crippen LogP contribution in [0.4, 0.5) is 0 Å². The van der Waals surface area contributed by atoms with Gasteiger partial charge in [0.05, 0.1) is 11.4 Å². The summed E-state index contributed by atoms with van der Waals surface area (Å²) in [5.41, 5.74) is 0. The minimum Gasteiger partial charge on any atom is -0.296 e. The fourth-order valence-electron chi connectivity index (χ4n) is 1.62. The number of nitrogens with zero attached hydrogens (tertiary/aromatic N) is 1. The van der Waals surface area contributed by atoms with Crippen molar-refractivity contribution < 1.29 is 4.79 Å². The molecule has 0 bridgehead atoms. The van der Waals surface area contributed by atoms with Crippen LogP contribution in [0, 0.1) is 0 Å². The molecule has 1 rings (SSSR count). The molecule has 0 aliphatic heterocycles. The summed E-state index contributed by atoms with van der Waals surface area (Å²) in [5.74, 6) is 0.256. The fraction of sp³-hybridized carbons (Fsp3) is 0.583. The zero-order valence-corrected chi connectivity index (χ0v) is 10.3. The van der Waals surface area contributed by atoms with Crippen LogP contribution in [0.15, 0.2) is 17.5 Å². The standard InChI is InChI=1S/C12H19NOS/c1-3-7-13(8-4-2)10-11(14)12-6-5-9-15-12/h5-6,9H,3-4,7-8,10H2,1-2H3. The Kier molecular flexibility index (Phi) is 5.58. The molecule has 0 spiro atoms. The molecule has 0 amide bonds. The summed E-state index contributed by atoms with van der Waals surface area (Å²) in [5, 5.41) is 1.96. The lowest BCUT2D eigenvalue weighted by Gasteiger charge is -2.19. The van der Waals surface area contributed by atoms with Crippen molar-refractivity contribution in [2.75, 3.05) is 19.6 Å². The Bertz CT molecular complexity index is 276. The van der Waals surface area contributed by atoms with Gasteiger partial charge < -0.3 is 0 Å².